The second-order valence-corrected chi connectivity index (χ2v) is 3.83. The highest BCUT2D eigenvalue weighted by Gasteiger charge is 1.99. The first kappa shape index (κ1) is 10.6. The number of aryl methyl sites for hydroxylation is 1. The molecule has 0 spiro atoms. The Bertz CT molecular complexity index is 614. The molecule has 3 rings (SSSR count). The van der Waals surface area contributed by atoms with Crippen molar-refractivity contribution in [2.75, 3.05) is 11.9 Å². The molecule has 92 valence electrons. The SMILES string of the molecule is c1cn(CCCNc2ccc3nnnn3n2)cn1. The van der Waals surface area contributed by atoms with Gasteiger partial charge in [-0.25, -0.2) is 4.98 Å². The number of nitrogens with zero attached hydrogens (tertiary/aromatic N) is 7. The second-order valence-electron chi connectivity index (χ2n) is 3.83. The van der Waals surface area contributed by atoms with Gasteiger partial charge in [0.2, 0.25) is 0 Å². The highest BCUT2D eigenvalue weighted by Crippen LogP contribution is 2.03. The van der Waals surface area contributed by atoms with Crippen molar-refractivity contribution in [2.45, 2.75) is 13.0 Å². The number of fused-ring (bicyclic) bond motifs is 1. The van der Waals surface area contributed by atoms with Gasteiger partial charge in [0, 0.05) is 25.5 Å². The molecule has 3 heterocycles. The number of tetrazole rings is 1. The number of hydrogen-bond donors (Lipinski definition) is 1. The van der Waals surface area contributed by atoms with Crippen LogP contribution in [-0.2, 0) is 6.54 Å². The van der Waals surface area contributed by atoms with Crippen molar-refractivity contribution in [1.29, 1.82) is 0 Å². The van der Waals surface area contributed by atoms with E-state index in [1.54, 1.807) is 6.20 Å². The molecule has 1 N–H and O–H groups in total. The van der Waals surface area contributed by atoms with Gasteiger partial charge in [-0.05, 0) is 29.0 Å². The minimum absolute atomic E-state index is 0.638. The van der Waals surface area contributed by atoms with Crippen LogP contribution in [0.3, 0.4) is 0 Å². The molecule has 0 aliphatic heterocycles. The normalized spacial score (nSPS) is 10.9. The van der Waals surface area contributed by atoms with E-state index in [0.29, 0.717) is 5.65 Å². The summed E-state index contributed by atoms with van der Waals surface area (Å²) in [6.45, 7) is 1.76. The number of hydrogen-bond acceptors (Lipinski definition) is 6. The lowest BCUT2D eigenvalue weighted by Crippen LogP contribution is -2.08. The molecule has 0 amide bonds. The zero-order chi connectivity index (χ0) is 12.2. The molecule has 8 nitrogen and oxygen atoms in total. The standard InChI is InChI=1S/C10H12N8/c1(6-17-7-5-11-8-17)4-12-9-2-3-10-13-15-16-18(10)14-9/h2-3,5,7-8H,1,4,6H2,(H,12,14). The molecule has 0 radical (unpaired) electrons. The smallest absolute Gasteiger partial charge is 0.200 e. The van der Waals surface area contributed by atoms with Gasteiger partial charge < -0.3 is 9.88 Å². The summed E-state index contributed by atoms with van der Waals surface area (Å²) in [5.41, 5.74) is 0.638. The van der Waals surface area contributed by atoms with Gasteiger partial charge in [0.15, 0.2) is 5.65 Å². The van der Waals surface area contributed by atoms with Crippen molar-refractivity contribution in [1.82, 2.24) is 34.8 Å². The Balaban J connectivity index is 1.53. The fourth-order valence-electron chi connectivity index (χ4n) is 1.64. The first-order chi connectivity index (χ1) is 8.92. The average molecular weight is 244 g/mol. The molecule has 0 unspecified atom stereocenters. The van der Waals surface area contributed by atoms with Gasteiger partial charge in [0.1, 0.15) is 5.82 Å². The van der Waals surface area contributed by atoms with Crippen molar-refractivity contribution in [3.63, 3.8) is 0 Å². The maximum atomic E-state index is 4.22. The maximum Gasteiger partial charge on any atom is 0.200 e. The van der Waals surface area contributed by atoms with E-state index in [-0.39, 0.29) is 0 Å². The fraction of sp³-hybridized carbons (Fsp3) is 0.300. The van der Waals surface area contributed by atoms with Crippen molar-refractivity contribution in [3.8, 4) is 0 Å². The molecule has 0 saturated heterocycles. The summed E-state index contributed by atoms with van der Waals surface area (Å²) in [6.07, 6.45) is 6.53. The summed E-state index contributed by atoms with van der Waals surface area (Å²) in [5.74, 6) is 0.764. The van der Waals surface area contributed by atoms with E-state index in [1.807, 2.05) is 29.2 Å². The van der Waals surface area contributed by atoms with Gasteiger partial charge in [-0.15, -0.1) is 14.8 Å². The van der Waals surface area contributed by atoms with Gasteiger partial charge in [-0.2, -0.15) is 0 Å². The Hall–Kier alpha value is -2.51. The second kappa shape index (κ2) is 4.78. The Kier molecular flexibility index (Phi) is 2.82. The van der Waals surface area contributed by atoms with Crippen LogP contribution in [0, 0.1) is 0 Å². The van der Waals surface area contributed by atoms with Crippen molar-refractivity contribution in [2.24, 2.45) is 0 Å². The number of anilines is 1. The largest absolute Gasteiger partial charge is 0.369 e. The van der Waals surface area contributed by atoms with E-state index in [4.69, 9.17) is 0 Å². The molecule has 0 fully saturated rings. The fourth-order valence-corrected chi connectivity index (χ4v) is 1.64. The number of nitrogens with one attached hydrogen (secondary N) is 1. The summed E-state index contributed by atoms with van der Waals surface area (Å²) in [5, 5.41) is 18.5. The molecule has 0 atom stereocenters. The van der Waals surface area contributed by atoms with E-state index in [2.05, 4.69) is 30.9 Å². The summed E-state index contributed by atoms with van der Waals surface area (Å²) in [7, 11) is 0. The van der Waals surface area contributed by atoms with Gasteiger partial charge in [0.25, 0.3) is 0 Å². The highest BCUT2D eigenvalue weighted by molar-refractivity contribution is 5.41. The molecule has 18 heavy (non-hydrogen) atoms. The highest BCUT2D eigenvalue weighted by atomic mass is 15.6. The molecule has 0 aromatic carbocycles. The predicted molar refractivity (Wildman–Crippen MR) is 63.9 cm³/mol. The first-order valence-corrected chi connectivity index (χ1v) is 5.67. The van der Waals surface area contributed by atoms with Crippen molar-refractivity contribution < 1.29 is 0 Å². The lowest BCUT2D eigenvalue weighted by molar-refractivity contribution is 0.657. The molecular weight excluding hydrogens is 232 g/mol. The van der Waals surface area contributed by atoms with Gasteiger partial charge in [-0.1, -0.05) is 0 Å². The number of rotatable bonds is 5. The van der Waals surface area contributed by atoms with Gasteiger partial charge >= 0.3 is 0 Å². The van der Waals surface area contributed by atoms with Gasteiger partial charge in [-0.3, -0.25) is 0 Å². The Morgan fingerprint density at radius 2 is 2.28 bits per heavy atom. The van der Waals surface area contributed by atoms with Crippen LogP contribution in [0.5, 0.6) is 0 Å². The Morgan fingerprint density at radius 1 is 1.28 bits per heavy atom. The molecule has 3 aromatic rings. The first-order valence-electron chi connectivity index (χ1n) is 5.67. The number of imidazole rings is 1. The lowest BCUT2D eigenvalue weighted by Gasteiger charge is -2.05. The lowest BCUT2D eigenvalue weighted by atomic mass is 10.4. The zero-order valence-corrected chi connectivity index (χ0v) is 9.64. The summed E-state index contributed by atoms with van der Waals surface area (Å²) < 4.78 is 3.44. The van der Waals surface area contributed by atoms with Crippen LogP contribution in [0.1, 0.15) is 6.42 Å². The molecule has 0 bridgehead atoms. The third-order valence-corrected chi connectivity index (χ3v) is 2.53. The van der Waals surface area contributed by atoms with Crippen LogP contribution in [0.4, 0.5) is 5.82 Å². The minimum Gasteiger partial charge on any atom is -0.369 e. The molecule has 0 saturated carbocycles. The minimum atomic E-state index is 0.638. The van der Waals surface area contributed by atoms with E-state index >= 15 is 0 Å². The van der Waals surface area contributed by atoms with Crippen LogP contribution < -0.4 is 5.32 Å². The van der Waals surface area contributed by atoms with Crippen LogP contribution in [0.25, 0.3) is 5.65 Å². The molecule has 3 aromatic heterocycles. The van der Waals surface area contributed by atoms with Crippen LogP contribution >= 0.6 is 0 Å². The van der Waals surface area contributed by atoms with Crippen LogP contribution in [-0.4, -0.2) is 41.4 Å². The zero-order valence-electron chi connectivity index (χ0n) is 9.64. The van der Waals surface area contributed by atoms with E-state index < -0.39 is 0 Å². The quantitative estimate of drug-likeness (QED) is 0.646. The molecule has 0 aliphatic carbocycles. The Morgan fingerprint density at radius 3 is 3.17 bits per heavy atom. The van der Waals surface area contributed by atoms with E-state index in [1.165, 1.54) is 4.63 Å². The monoisotopic (exact) mass is 244 g/mol. The van der Waals surface area contributed by atoms with Crippen LogP contribution in [0.2, 0.25) is 0 Å². The molecule has 8 heteroatoms. The van der Waals surface area contributed by atoms with Crippen LogP contribution in [0.15, 0.2) is 30.9 Å². The maximum absolute atomic E-state index is 4.22. The Labute approximate surface area is 103 Å². The van der Waals surface area contributed by atoms with E-state index in [9.17, 15) is 0 Å². The molecule has 0 aliphatic rings. The number of aromatic nitrogens is 7. The van der Waals surface area contributed by atoms with Crippen molar-refractivity contribution >= 4 is 11.5 Å². The predicted octanol–water partition coefficient (Wildman–Crippen LogP) is 0.218. The third kappa shape index (κ3) is 2.26. The molecular formula is C10H12N8. The van der Waals surface area contributed by atoms with Crippen molar-refractivity contribution in [3.05, 3.63) is 30.9 Å². The third-order valence-electron chi connectivity index (χ3n) is 2.53. The van der Waals surface area contributed by atoms with Gasteiger partial charge in [0.05, 0.1) is 6.33 Å². The summed E-state index contributed by atoms with van der Waals surface area (Å²) in [4.78, 5) is 3.99. The summed E-state index contributed by atoms with van der Waals surface area (Å²) in [6, 6.07) is 3.69. The summed E-state index contributed by atoms with van der Waals surface area (Å²) >= 11 is 0. The topological polar surface area (TPSA) is 85.8 Å². The average Bonchev–Trinajstić information content (AvgIpc) is 3.05. The van der Waals surface area contributed by atoms with E-state index in [0.717, 1.165) is 25.3 Å².